The minimum absolute atomic E-state index is 0.0615. The van der Waals surface area contributed by atoms with Gasteiger partial charge in [-0.1, -0.05) is 42.1 Å². The van der Waals surface area contributed by atoms with Crippen molar-refractivity contribution in [2.45, 2.75) is 24.3 Å². The van der Waals surface area contributed by atoms with Crippen molar-refractivity contribution < 1.29 is 4.79 Å². The number of thioether (sulfide) groups is 1. The van der Waals surface area contributed by atoms with Gasteiger partial charge in [-0.05, 0) is 19.9 Å². The van der Waals surface area contributed by atoms with Crippen LogP contribution in [0.5, 0.6) is 0 Å². The summed E-state index contributed by atoms with van der Waals surface area (Å²) in [5.74, 6) is 0.0615. The molecule has 1 atom stereocenters. The highest BCUT2D eigenvalue weighted by Gasteiger charge is 2.18. The molecule has 0 N–H and O–H groups in total. The molecule has 0 bridgehead atoms. The highest BCUT2D eigenvalue weighted by molar-refractivity contribution is 8.00. The van der Waals surface area contributed by atoms with Crippen LogP contribution in [-0.4, -0.2) is 40.1 Å². The molecule has 1 amide bonds. The second-order valence-corrected chi connectivity index (χ2v) is 6.34. The van der Waals surface area contributed by atoms with Gasteiger partial charge in [0, 0.05) is 25.4 Å². The Morgan fingerprint density at radius 1 is 1.19 bits per heavy atom. The van der Waals surface area contributed by atoms with E-state index in [-0.39, 0.29) is 11.2 Å². The highest BCUT2D eigenvalue weighted by Crippen LogP contribution is 2.24. The van der Waals surface area contributed by atoms with Crippen molar-refractivity contribution in [1.82, 2.24) is 14.9 Å². The molecule has 0 saturated carbocycles. The van der Waals surface area contributed by atoms with Crippen molar-refractivity contribution in [3.05, 3.63) is 42.1 Å². The topological polar surface area (TPSA) is 46.1 Å². The van der Waals surface area contributed by atoms with Crippen LogP contribution in [0.4, 0.5) is 0 Å². The van der Waals surface area contributed by atoms with Crippen molar-refractivity contribution in [2.24, 2.45) is 0 Å². The predicted octanol–water partition coefficient (Wildman–Crippen LogP) is 3.02. The predicted molar refractivity (Wildman–Crippen MR) is 86.2 cm³/mol. The Hall–Kier alpha value is -1.88. The summed E-state index contributed by atoms with van der Waals surface area (Å²) in [6.07, 6.45) is 0. The van der Waals surface area contributed by atoms with E-state index in [4.69, 9.17) is 0 Å². The zero-order chi connectivity index (χ0) is 15.4. The van der Waals surface area contributed by atoms with E-state index >= 15 is 0 Å². The fourth-order valence-corrected chi connectivity index (χ4v) is 2.90. The van der Waals surface area contributed by atoms with Gasteiger partial charge in [-0.2, -0.15) is 0 Å². The normalized spacial score (nSPS) is 12.0. The summed E-state index contributed by atoms with van der Waals surface area (Å²) in [4.78, 5) is 22.5. The molecule has 2 aromatic rings. The van der Waals surface area contributed by atoms with Crippen molar-refractivity contribution >= 4 is 17.7 Å². The Bertz CT molecular complexity index is 629. The maximum atomic E-state index is 11.9. The summed E-state index contributed by atoms with van der Waals surface area (Å²) in [7, 11) is 3.51. The minimum Gasteiger partial charge on any atom is -0.348 e. The molecular weight excluding hydrogens is 282 g/mol. The number of rotatable bonds is 4. The molecule has 2 rings (SSSR count). The molecule has 0 aliphatic carbocycles. The Morgan fingerprint density at radius 3 is 2.48 bits per heavy atom. The second kappa shape index (κ2) is 6.72. The van der Waals surface area contributed by atoms with Crippen molar-refractivity contribution in [3.8, 4) is 11.3 Å². The van der Waals surface area contributed by atoms with E-state index in [0.717, 1.165) is 17.0 Å². The number of carbonyl (C=O) groups is 1. The Labute approximate surface area is 129 Å². The lowest BCUT2D eigenvalue weighted by Gasteiger charge is -2.16. The van der Waals surface area contributed by atoms with Crippen molar-refractivity contribution in [1.29, 1.82) is 0 Å². The lowest BCUT2D eigenvalue weighted by molar-refractivity contribution is -0.127. The molecule has 0 fully saturated rings. The molecule has 4 nitrogen and oxygen atoms in total. The molecule has 0 aliphatic rings. The van der Waals surface area contributed by atoms with Gasteiger partial charge in [0.1, 0.15) is 0 Å². The third kappa shape index (κ3) is 4.04. The summed E-state index contributed by atoms with van der Waals surface area (Å²) in [6, 6.07) is 11.9. The van der Waals surface area contributed by atoms with Crippen LogP contribution in [0.1, 0.15) is 12.6 Å². The van der Waals surface area contributed by atoms with Crippen molar-refractivity contribution in [2.75, 3.05) is 14.1 Å². The molecule has 1 aromatic heterocycles. The van der Waals surface area contributed by atoms with Gasteiger partial charge in [0.2, 0.25) is 5.91 Å². The average molecular weight is 301 g/mol. The van der Waals surface area contributed by atoms with E-state index in [0.29, 0.717) is 5.16 Å². The van der Waals surface area contributed by atoms with Crippen LogP contribution in [0.3, 0.4) is 0 Å². The van der Waals surface area contributed by atoms with Crippen molar-refractivity contribution in [3.63, 3.8) is 0 Å². The zero-order valence-electron chi connectivity index (χ0n) is 12.7. The SMILES string of the molecule is Cc1cc(-c2ccccc2)nc(SC(C)C(=O)N(C)C)n1. The molecule has 0 saturated heterocycles. The van der Waals surface area contributed by atoms with E-state index < -0.39 is 0 Å². The number of hydrogen-bond acceptors (Lipinski definition) is 4. The highest BCUT2D eigenvalue weighted by atomic mass is 32.2. The Morgan fingerprint density at radius 2 is 1.86 bits per heavy atom. The molecule has 5 heteroatoms. The maximum absolute atomic E-state index is 11.9. The fraction of sp³-hybridized carbons (Fsp3) is 0.312. The van der Waals surface area contributed by atoms with Crippen LogP contribution in [0.15, 0.2) is 41.6 Å². The first-order valence-electron chi connectivity index (χ1n) is 6.76. The third-order valence-electron chi connectivity index (χ3n) is 2.97. The van der Waals surface area contributed by atoms with Crippen LogP contribution < -0.4 is 0 Å². The first-order chi connectivity index (χ1) is 9.97. The van der Waals surface area contributed by atoms with E-state index in [1.54, 1.807) is 19.0 Å². The molecule has 1 aromatic carbocycles. The van der Waals surface area contributed by atoms with Gasteiger partial charge < -0.3 is 4.90 Å². The van der Waals surface area contributed by atoms with Crippen LogP contribution in [0.2, 0.25) is 0 Å². The smallest absolute Gasteiger partial charge is 0.235 e. The molecule has 1 unspecified atom stereocenters. The summed E-state index contributed by atoms with van der Waals surface area (Å²) in [5, 5.41) is 0.432. The summed E-state index contributed by atoms with van der Waals surface area (Å²) >= 11 is 1.39. The minimum atomic E-state index is -0.203. The number of carbonyl (C=O) groups excluding carboxylic acids is 1. The van der Waals surface area contributed by atoms with Gasteiger partial charge in [-0.15, -0.1) is 0 Å². The number of benzene rings is 1. The van der Waals surface area contributed by atoms with Crippen LogP contribution >= 0.6 is 11.8 Å². The maximum Gasteiger partial charge on any atom is 0.235 e. The van der Waals surface area contributed by atoms with Gasteiger partial charge in [-0.25, -0.2) is 9.97 Å². The monoisotopic (exact) mass is 301 g/mol. The standard InChI is InChI=1S/C16H19N3OS/c1-11-10-14(13-8-6-5-7-9-13)18-16(17-11)21-12(2)15(20)19(3)4/h5-10,12H,1-4H3. The van der Waals surface area contributed by atoms with E-state index in [2.05, 4.69) is 9.97 Å². The van der Waals surface area contributed by atoms with Crippen LogP contribution in [0, 0.1) is 6.92 Å². The van der Waals surface area contributed by atoms with Crippen LogP contribution in [-0.2, 0) is 4.79 Å². The molecule has 1 heterocycles. The quantitative estimate of drug-likeness (QED) is 0.643. The van der Waals surface area contributed by atoms with Gasteiger partial charge >= 0.3 is 0 Å². The van der Waals surface area contributed by atoms with Gasteiger partial charge in [0.25, 0.3) is 0 Å². The molecule has 0 radical (unpaired) electrons. The summed E-state index contributed by atoms with van der Waals surface area (Å²) in [6.45, 7) is 3.82. The Kier molecular flexibility index (Phi) is 4.96. The molecule has 110 valence electrons. The second-order valence-electron chi connectivity index (χ2n) is 5.04. The summed E-state index contributed by atoms with van der Waals surface area (Å²) < 4.78 is 0. The number of nitrogens with zero attached hydrogens (tertiary/aromatic N) is 3. The largest absolute Gasteiger partial charge is 0.348 e. The van der Waals surface area contributed by atoms with E-state index in [1.165, 1.54) is 11.8 Å². The fourth-order valence-electron chi connectivity index (χ4n) is 1.92. The first kappa shape index (κ1) is 15.5. The number of amides is 1. The Balaban J connectivity index is 2.26. The van der Waals surface area contributed by atoms with E-state index in [9.17, 15) is 4.79 Å². The number of aromatic nitrogens is 2. The van der Waals surface area contributed by atoms with Gasteiger partial charge in [0.15, 0.2) is 5.16 Å². The number of hydrogen-bond donors (Lipinski definition) is 0. The van der Waals surface area contributed by atoms with E-state index in [1.807, 2.05) is 50.2 Å². The molecule has 0 aliphatic heterocycles. The lowest BCUT2D eigenvalue weighted by atomic mass is 10.1. The van der Waals surface area contributed by atoms with Crippen LogP contribution in [0.25, 0.3) is 11.3 Å². The van der Waals surface area contributed by atoms with Gasteiger partial charge in [0.05, 0.1) is 10.9 Å². The zero-order valence-corrected chi connectivity index (χ0v) is 13.5. The third-order valence-corrected chi connectivity index (χ3v) is 3.92. The van der Waals surface area contributed by atoms with Gasteiger partial charge in [-0.3, -0.25) is 4.79 Å². The lowest BCUT2D eigenvalue weighted by Crippen LogP contribution is -2.29. The molecule has 0 spiro atoms. The number of aryl methyl sites for hydroxylation is 1. The molecular formula is C16H19N3OS. The molecule has 21 heavy (non-hydrogen) atoms. The summed E-state index contributed by atoms with van der Waals surface area (Å²) in [5.41, 5.74) is 2.84. The average Bonchev–Trinajstić information content (AvgIpc) is 2.46. The first-order valence-corrected chi connectivity index (χ1v) is 7.64.